The maximum atomic E-state index is 5.90. The first-order valence-corrected chi connectivity index (χ1v) is 5.09. The van der Waals surface area contributed by atoms with Crippen LogP contribution in [0.1, 0.15) is 11.7 Å². The molecule has 0 aliphatic heterocycles. The summed E-state index contributed by atoms with van der Waals surface area (Å²) in [5, 5.41) is 6.98. The molecule has 0 saturated heterocycles. The van der Waals surface area contributed by atoms with Crippen LogP contribution in [0.4, 0.5) is 11.8 Å². The van der Waals surface area contributed by atoms with E-state index in [0.29, 0.717) is 29.1 Å². The Kier molecular flexibility index (Phi) is 3.35. The van der Waals surface area contributed by atoms with Crippen molar-refractivity contribution in [2.75, 3.05) is 10.7 Å². The molecular formula is C8H10ClN7O. The molecule has 9 heteroatoms. The largest absolute Gasteiger partial charge is 0.360 e. The van der Waals surface area contributed by atoms with Crippen LogP contribution in [0.5, 0.6) is 0 Å². The molecule has 0 saturated carbocycles. The third-order valence-electron chi connectivity index (χ3n) is 1.85. The molecular weight excluding hydrogens is 246 g/mol. The van der Waals surface area contributed by atoms with E-state index in [-0.39, 0.29) is 5.95 Å². The quantitative estimate of drug-likeness (QED) is 0.541. The Morgan fingerprint density at radius 2 is 2.29 bits per heavy atom. The lowest BCUT2D eigenvalue weighted by atomic mass is 10.5. The number of anilines is 2. The molecule has 0 bridgehead atoms. The summed E-state index contributed by atoms with van der Waals surface area (Å²) in [4.78, 5) is 11.9. The number of halogens is 1. The standard InChI is InChI=1S/C8H10ClN7O/c1-4-13-6(17-16-4)3-11-7-5(9)2-12-8(14-7)15-10/h2H,3,10H2,1H3,(H2,11,12,14,15). The zero-order valence-electron chi connectivity index (χ0n) is 8.94. The summed E-state index contributed by atoms with van der Waals surface area (Å²) < 4.78 is 4.93. The van der Waals surface area contributed by atoms with Crippen molar-refractivity contribution in [3.63, 3.8) is 0 Å². The second-order valence-corrected chi connectivity index (χ2v) is 3.53. The van der Waals surface area contributed by atoms with Crippen molar-refractivity contribution in [3.05, 3.63) is 22.9 Å². The van der Waals surface area contributed by atoms with Crippen LogP contribution in [0.25, 0.3) is 0 Å². The van der Waals surface area contributed by atoms with Crippen LogP contribution in [0.2, 0.25) is 5.02 Å². The van der Waals surface area contributed by atoms with Gasteiger partial charge in [0.05, 0.1) is 12.7 Å². The van der Waals surface area contributed by atoms with Crippen molar-refractivity contribution in [2.45, 2.75) is 13.5 Å². The minimum atomic E-state index is 0.263. The average molecular weight is 256 g/mol. The number of hydrogen-bond acceptors (Lipinski definition) is 8. The van der Waals surface area contributed by atoms with Crippen molar-refractivity contribution < 1.29 is 4.52 Å². The zero-order chi connectivity index (χ0) is 12.3. The molecule has 0 aliphatic carbocycles. The van der Waals surface area contributed by atoms with Crippen LogP contribution in [-0.2, 0) is 6.54 Å². The van der Waals surface area contributed by atoms with E-state index in [2.05, 4.69) is 30.9 Å². The van der Waals surface area contributed by atoms with Crippen molar-refractivity contribution >= 4 is 23.4 Å². The molecule has 0 amide bonds. The van der Waals surface area contributed by atoms with Crippen LogP contribution in [-0.4, -0.2) is 20.1 Å². The highest BCUT2D eigenvalue weighted by Gasteiger charge is 2.07. The molecule has 2 heterocycles. The van der Waals surface area contributed by atoms with E-state index in [9.17, 15) is 0 Å². The monoisotopic (exact) mass is 255 g/mol. The lowest BCUT2D eigenvalue weighted by Gasteiger charge is -2.06. The normalized spacial score (nSPS) is 10.3. The Labute approximate surface area is 102 Å². The van der Waals surface area contributed by atoms with E-state index in [1.54, 1.807) is 6.92 Å². The number of hydrogen-bond donors (Lipinski definition) is 3. The smallest absolute Gasteiger partial charge is 0.245 e. The number of rotatable bonds is 4. The summed E-state index contributed by atoms with van der Waals surface area (Å²) in [5.41, 5.74) is 2.32. The molecule has 0 aromatic carbocycles. The highest BCUT2D eigenvalue weighted by atomic mass is 35.5. The van der Waals surface area contributed by atoms with Gasteiger partial charge in [0, 0.05) is 0 Å². The molecule has 2 aromatic heterocycles. The van der Waals surface area contributed by atoms with E-state index >= 15 is 0 Å². The maximum Gasteiger partial charge on any atom is 0.245 e. The van der Waals surface area contributed by atoms with Crippen LogP contribution >= 0.6 is 11.6 Å². The number of nitrogen functional groups attached to an aromatic ring is 1. The summed E-state index contributed by atoms with van der Waals surface area (Å²) >= 11 is 5.90. The first-order valence-electron chi connectivity index (χ1n) is 4.71. The fourth-order valence-electron chi connectivity index (χ4n) is 1.13. The minimum absolute atomic E-state index is 0.263. The van der Waals surface area contributed by atoms with Crippen LogP contribution in [0.3, 0.4) is 0 Å². The number of aryl methyl sites for hydroxylation is 1. The van der Waals surface area contributed by atoms with E-state index in [1.807, 2.05) is 0 Å². The first-order chi connectivity index (χ1) is 8.19. The van der Waals surface area contributed by atoms with Gasteiger partial charge in [-0.3, -0.25) is 5.43 Å². The summed E-state index contributed by atoms with van der Waals surface area (Å²) in [6.45, 7) is 2.06. The van der Waals surface area contributed by atoms with Crippen LogP contribution in [0, 0.1) is 6.92 Å². The van der Waals surface area contributed by atoms with Gasteiger partial charge in [-0.15, -0.1) is 0 Å². The van der Waals surface area contributed by atoms with Gasteiger partial charge in [0.2, 0.25) is 11.8 Å². The molecule has 0 aliphatic rings. The second kappa shape index (κ2) is 4.93. The predicted molar refractivity (Wildman–Crippen MR) is 61.2 cm³/mol. The van der Waals surface area contributed by atoms with E-state index in [4.69, 9.17) is 22.0 Å². The minimum Gasteiger partial charge on any atom is -0.360 e. The number of nitrogens with one attached hydrogen (secondary N) is 2. The summed E-state index contributed by atoms with van der Waals surface area (Å²) in [6, 6.07) is 0. The van der Waals surface area contributed by atoms with Gasteiger partial charge in [-0.05, 0) is 6.92 Å². The molecule has 17 heavy (non-hydrogen) atoms. The Balaban J connectivity index is 2.07. The highest BCUT2D eigenvalue weighted by Crippen LogP contribution is 2.19. The van der Waals surface area contributed by atoms with Gasteiger partial charge in [0.15, 0.2) is 11.6 Å². The summed E-state index contributed by atoms with van der Waals surface area (Å²) in [5.74, 6) is 6.90. The maximum absolute atomic E-state index is 5.90. The van der Waals surface area contributed by atoms with Gasteiger partial charge < -0.3 is 9.84 Å². The fourth-order valence-corrected chi connectivity index (χ4v) is 1.29. The topological polar surface area (TPSA) is 115 Å². The van der Waals surface area contributed by atoms with E-state index in [1.165, 1.54) is 6.20 Å². The lowest BCUT2D eigenvalue weighted by Crippen LogP contribution is -2.12. The Morgan fingerprint density at radius 1 is 1.47 bits per heavy atom. The lowest BCUT2D eigenvalue weighted by molar-refractivity contribution is 0.379. The fraction of sp³-hybridized carbons (Fsp3) is 0.250. The number of nitrogens with zero attached hydrogens (tertiary/aromatic N) is 4. The van der Waals surface area contributed by atoms with Gasteiger partial charge in [-0.2, -0.15) is 9.97 Å². The van der Waals surface area contributed by atoms with E-state index < -0.39 is 0 Å². The van der Waals surface area contributed by atoms with E-state index in [0.717, 1.165) is 0 Å². The van der Waals surface area contributed by atoms with Gasteiger partial charge in [0.1, 0.15) is 5.02 Å². The number of nitrogens with two attached hydrogens (primary N) is 1. The molecule has 8 nitrogen and oxygen atoms in total. The van der Waals surface area contributed by atoms with Crippen molar-refractivity contribution in [1.29, 1.82) is 0 Å². The zero-order valence-corrected chi connectivity index (χ0v) is 9.69. The SMILES string of the molecule is Cc1noc(CNc2nc(NN)ncc2Cl)n1. The molecule has 2 aromatic rings. The van der Waals surface area contributed by atoms with Gasteiger partial charge in [-0.1, -0.05) is 16.8 Å². The molecule has 0 fully saturated rings. The van der Waals surface area contributed by atoms with Gasteiger partial charge in [0.25, 0.3) is 0 Å². The third kappa shape index (κ3) is 2.80. The second-order valence-electron chi connectivity index (χ2n) is 3.12. The first kappa shape index (κ1) is 11.6. The van der Waals surface area contributed by atoms with Gasteiger partial charge >= 0.3 is 0 Å². The Bertz CT molecular complexity index is 514. The Hall–Kier alpha value is -1.93. The summed E-state index contributed by atoms with van der Waals surface area (Å²) in [6.07, 6.45) is 1.44. The number of hydrazine groups is 1. The van der Waals surface area contributed by atoms with Crippen molar-refractivity contribution in [3.8, 4) is 0 Å². The molecule has 0 atom stereocenters. The Morgan fingerprint density at radius 3 is 2.94 bits per heavy atom. The van der Waals surface area contributed by atoms with Gasteiger partial charge in [-0.25, -0.2) is 10.8 Å². The predicted octanol–water partition coefficient (Wildman–Crippen LogP) is 0.719. The van der Waals surface area contributed by atoms with Crippen LogP contribution < -0.4 is 16.6 Å². The third-order valence-corrected chi connectivity index (χ3v) is 2.13. The molecule has 4 N–H and O–H groups in total. The van der Waals surface area contributed by atoms with Crippen LogP contribution in [0.15, 0.2) is 10.7 Å². The highest BCUT2D eigenvalue weighted by molar-refractivity contribution is 6.32. The number of aromatic nitrogens is 4. The summed E-state index contributed by atoms with van der Waals surface area (Å²) in [7, 11) is 0. The molecule has 2 rings (SSSR count). The van der Waals surface area contributed by atoms with Crippen molar-refractivity contribution in [1.82, 2.24) is 20.1 Å². The average Bonchev–Trinajstić information content (AvgIpc) is 2.74. The molecule has 90 valence electrons. The molecule has 0 unspecified atom stereocenters. The molecule has 0 spiro atoms. The van der Waals surface area contributed by atoms with Crippen molar-refractivity contribution in [2.24, 2.45) is 5.84 Å². The molecule has 0 radical (unpaired) electrons.